The van der Waals surface area contributed by atoms with Crippen molar-refractivity contribution in [3.63, 3.8) is 0 Å². The van der Waals surface area contributed by atoms with E-state index in [1.54, 1.807) is 24.3 Å². The lowest BCUT2D eigenvalue weighted by Gasteiger charge is -2.34. The number of hydrogen-bond acceptors (Lipinski definition) is 3. The van der Waals surface area contributed by atoms with Gasteiger partial charge in [0.1, 0.15) is 11.9 Å². The second kappa shape index (κ2) is 7.95. The van der Waals surface area contributed by atoms with E-state index in [4.69, 9.17) is 16.3 Å². The van der Waals surface area contributed by atoms with Crippen molar-refractivity contribution in [2.24, 2.45) is 0 Å². The van der Waals surface area contributed by atoms with Crippen LogP contribution in [0.15, 0.2) is 42.5 Å². The summed E-state index contributed by atoms with van der Waals surface area (Å²) >= 11 is 6.04. The Kier molecular flexibility index (Phi) is 5.68. The molecule has 0 unspecified atom stereocenters. The number of carbonyl (C=O) groups is 1. The van der Waals surface area contributed by atoms with Crippen LogP contribution in [-0.4, -0.2) is 37.1 Å². The van der Waals surface area contributed by atoms with Crippen LogP contribution in [0.2, 0.25) is 5.02 Å². The van der Waals surface area contributed by atoms with Crippen LogP contribution in [0.5, 0.6) is 0 Å². The van der Waals surface area contributed by atoms with Gasteiger partial charge < -0.3 is 10.1 Å². The number of morpholine rings is 1. The second-order valence-corrected chi connectivity index (χ2v) is 6.49. The summed E-state index contributed by atoms with van der Waals surface area (Å²) in [7, 11) is 0. The first-order chi connectivity index (χ1) is 12.0. The number of anilines is 1. The summed E-state index contributed by atoms with van der Waals surface area (Å²) in [6.07, 6.45) is 0. The topological polar surface area (TPSA) is 41.6 Å². The molecule has 6 heteroatoms. The molecule has 1 fully saturated rings. The first kappa shape index (κ1) is 17.9. The number of halogens is 2. The molecule has 2 aromatic carbocycles. The molecule has 4 nitrogen and oxygen atoms in total. The SMILES string of the molecule is Cc1ccc(Cl)cc1NC(=O)[C@@H](c1cccc(F)c1)N1CCOCC1. The highest BCUT2D eigenvalue weighted by molar-refractivity contribution is 6.31. The van der Waals surface area contributed by atoms with E-state index < -0.39 is 6.04 Å². The molecule has 0 saturated carbocycles. The van der Waals surface area contributed by atoms with Gasteiger partial charge in [-0.3, -0.25) is 9.69 Å². The Hall–Kier alpha value is -1.95. The summed E-state index contributed by atoms with van der Waals surface area (Å²) in [6, 6.07) is 10.9. The average Bonchev–Trinajstić information content (AvgIpc) is 2.59. The number of benzene rings is 2. The van der Waals surface area contributed by atoms with Crippen LogP contribution in [-0.2, 0) is 9.53 Å². The third-order valence-electron chi connectivity index (χ3n) is 4.28. The fourth-order valence-electron chi connectivity index (χ4n) is 2.97. The smallest absolute Gasteiger partial charge is 0.246 e. The maximum Gasteiger partial charge on any atom is 0.246 e. The maximum absolute atomic E-state index is 13.7. The van der Waals surface area contributed by atoms with Crippen molar-refractivity contribution in [1.29, 1.82) is 0 Å². The molecular weight excluding hydrogens is 343 g/mol. The number of aryl methyl sites for hydroxylation is 1. The van der Waals surface area contributed by atoms with E-state index in [9.17, 15) is 9.18 Å². The van der Waals surface area contributed by atoms with Crippen molar-refractivity contribution in [2.45, 2.75) is 13.0 Å². The third kappa shape index (κ3) is 4.37. The predicted octanol–water partition coefficient (Wildman–Crippen LogP) is 3.80. The molecule has 3 rings (SSSR count). The average molecular weight is 363 g/mol. The Bertz CT molecular complexity index is 763. The van der Waals surface area contributed by atoms with Crippen molar-refractivity contribution in [3.05, 3.63) is 64.4 Å². The maximum atomic E-state index is 13.7. The number of carbonyl (C=O) groups excluding carboxylic acids is 1. The molecule has 1 atom stereocenters. The van der Waals surface area contributed by atoms with Crippen molar-refractivity contribution in [1.82, 2.24) is 4.90 Å². The summed E-state index contributed by atoms with van der Waals surface area (Å²) in [5.41, 5.74) is 2.20. The minimum Gasteiger partial charge on any atom is -0.379 e. The second-order valence-electron chi connectivity index (χ2n) is 6.05. The molecule has 1 heterocycles. The molecule has 25 heavy (non-hydrogen) atoms. The first-order valence-corrected chi connectivity index (χ1v) is 8.56. The zero-order valence-corrected chi connectivity index (χ0v) is 14.7. The lowest BCUT2D eigenvalue weighted by molar-refractivity contribution is -0.123. The van der Waals surface area contributed by atoms with E-state index in [0.717, 1.165) is 5.56 Å². The number of nitrogens with zero attached hydrogens (tertiary/aromatic N) is 1. The van der Waals surface area contributed by atoms with Gasteiger partial charge in [0.25, 0.3) is 0 Å². The Morgan fingerprint density at radius 2 is 2.00 bits per heavy atom. The fourth-order valence-corrected chi connectivity index (χ4v) is 3.14. The monoisotopic (exact) mass is 362 g/mol. The Labute approximate surface area is 151 Å². The van der Waals surface area contributed by atoms with Gasteiger partial charge in [-0.25, -0.2) is 4.39 Å². The molecule has 1 N–H and O–H groups in total. The number of nitrogens with one attached hydrogen (secondary N) is 1. The van der Waals surface area contributed by atoms with E-state index in [2.05, 4.69) is 5.32 Å². The largest absolute Gasteiger partial charge is 0.379 e. The molecule has 0 aromatic heterocycles. The van der Waals surface area contributed by atoms with Crippen LogP contribution in [0.25, 0.3) is 0 Å². The van der Waals surface area contributed by atoms with Crippen LogP contribution in [0.3, 0.4) is 0 Å². The van der Waals surface area contributed by atoms with Gasteiger partial charge in [0.05, 0.1) is 13.2 Å². The normalized spacial score (nSPS) is 16.4. The summed E-state index contributed by atoms with van der Waals surface area (Å²) in [5, 5.41) is 3.49. The van der Waals surface area contributed by atoms with Crippen molar-refractivity contribution >= 4 is 23.2 Å². The van der Waals surface area contributed by atoms with Crippen LogP contribution >= 0.6 is 11.6 Å². The predicted molar refractivity (Wildman–Crippen MR) is 96.4 cm³/mol. The van der Waals surface area contributed by atoms with E-state index in [-0.39, 0.29) is 11.7 Å². The highest BCUT2D eigenvalue weighted by Crippen LogP contribution is 2.26. The molecule has 2 aromatic rings. The van der Waals surface area contributed by atoms with Gasteiger partial charge in [-0.1, -0.05) is 29.8 Å². The van der Waals surface area contributed by atoms with Crippen molar-refractivity contribution in [2.75, 3.05) is 31.6 Å². The van der Waals surface area contributed by atoms with Gasteiger partial charge in [-0.15, -0.1) is 0 Å². The number of amides is 1. The zero-order chi connectivity index (χ0) is 17.8. The van der Waals surface area contributed by atoms with E-state index in [1.165, 1.54) is 12.1 Å². The minimum atomic E-state index is -0.585. The van der Waals surface area contributed by atoms with Gasteiger partial charge >= 0.3 is 0 Å². The molecule has 1 amide bonds. The van der Waals surface area contributed by atoms with Crippen LogP contribution < -0.4 is 5.32 Å². The Morgan fingerprint density at radius 1 is 1.24 bits per heavy atom. The lowest BCUT2D eigenvalue weighted by atomic mass is 10.0. The lowest BCUT2D eigenvalue weighted by Crippen LogP contribution is -2.44. The molecule has 1 aliphatic heterocycles. The highest BCUT2D eigenvalue weighted by atomic mass is 35.5. The third-order valence-corrected chi connectivity index (χ3v) is 4.52. The van der Waals surface area contributed by atoms with Crippen LogP contribution in [0.1, 0.15) is 17.2 Å². The summed E-state index contributed by atoms with van der Waals surface area (Å²) < 4.78 is 19.1. The summed E-state index contributed by atoms with van der Waals surface area (Å²) in [6.45, 7) is 4.23. The molecular formula is C19H20ClFN2O2. The van der Waals surface area contributed by atoms with E-state index >= 15 is 0 Å². The van der Waals surface area contributed by atoms with Crippen molar-refractivity contribution < 1.29 is 13.9 Å². The molecule has 0 radical (unpaired) electrons. The molecule has 0 aliphatic carbocycles. The van der Waals surface area contributed by atoms with Gasteiger partial charge in [0, 0.05) is 23.8 Å². The number of hydrogen-bond donors (Lipinski definition) is 1. The highest BCUT2D eigenvalue weighted by Gasteiger charge is 2.29. The Morgan fingerprint density at radius 3 is 2.72 bits per heavy atom. The van der Waals surface area contributed by atoms with Crippen LogP contribution in [0, 0.1) is 12.7 Å². The number of rotatable bonds is 4. The molecule has 1 saturated heterocycles. The minimum absolute atomic E-state index is 0.210. The Balaban J connectivity index is 1.90. The molecule has 0 spiro atoms. The summed E-state index contributed by atoms with van der Waals surface area (Å²) in [4.78, 5) is 15.0. The van der Waals surface area contributed by atoms with Crippen molar-refractivity contribution in [3.8, 4) is 0 Å². The zero-order valence-electron chi connectivity index (χ0n) is 14.0. The van der Waals surface area contributed by atoms with Gasteiger partial charge in [-0.05, 0) is 42.3 Å². The van der Waals surface area contributed by atoms with Gasteiger partial charge in [-0.2, -0.15) is 0 Å². The molecule has 1 aliphatic rings. The van der Waals surface area contributed by atoms with E-state index in [0.29, 0.717) is 42.6 Å². The first-order valence-electron chi connectivity index (χ1n) is 8.19. The van der Waals surface area contributed by atoms with Gasteiger partial charge in [0.15, 0.2) is 0 Å². The van der Waals surface area contributed by atoms with Crippen LogP contribution in [0.4, 0.5) is 10.1 Å². The standard InChI is InChI=1S/C19H20ClFN2O2/c1-13-5-6-15(20)12-17(13)22-19(24)18(23-7-9-25-10-8-23)14-3-2-4-16(21)11-14/h2-6,11-12,18H,7-10H2,1H3,(H,22,24)/t18-/m1/s1. The molecule has 0 bridgehead atoms. The number of ether oxygens (including phenoxy) is 1. The van der Waals surface area contributed by atoms with E-state index in [1.807, 2.05) is 17.9 Å². The fraction of sp³-hybridized carbons (Fsp3) is 0.316. The van der Waals surface area contributed by atoms with Gasteiger partial charge in [0.2, 0.25) is 5.91 Å². The molecule has 132 valence electrons. The summed E-state index contributed by atoms with van der Waals surface area (Å²) in [5.74, 6) is -0.569. The quantitative estimate of drug-likeness (QED) is 0.899.